The van der Waals surface area contributed by atoms with E-state index in [1.54, 1.807) is 0 Å². The van der Waals surface area contributed by atoms with Crippen LogP contribution in [0.1, 0.15) is 32.1 Å². The highest BCUT2D eigenvalue weighted by molar-refractivity contribution is 5.85. The summed E-state index contributed by atoms with van der Waals surface area (Å²) in [7, 11) is 0. The molecule has 0 saturated heterocycles. The van der Waals surface area contributed by atoms with E-state index in [0.29, 0.717) is 12.3 Å². The van der Waals surface area contributed by atoms with Crippen molar-refractivity contribution in [2.24, 2.45) is 17.4 Å². The predicted molar refractivity (Wildman–Crippen MR) is 63.0 cm³/mol. The molecule has 4 N–H and O–H groups in total. The zero-order chi connectivity index (χ0) is 9.03. The largest absolute Gasteiger partial charge is 0.327 e. The fraction of sp³-hybridized carbons (Fsp3) is 1.00. The standard InChI is InChI=1S/C9H19FN2.2ClH/c10-9(6-11,7-12)5-8-3-1-2-4-8;;/h8H,1-7,11-12H2;2*1H. The quantitative estimate of drug-likeness (QED) is 0.798. The summed E-state index contributed by atoms with van der Waals surface area (Å²) in [5.41, 5.74) is 9.38. The van der Waals surface area contributed by atoms with E-state index in [1.165, 1.54) is 12.8 Å². The Morgan fingerprint density at radius 3 is 1.86 bits per heavy atom. The van der Waals surface area contributed by atoms with Gasteiger partial charge in [0.15, 0.2) is 0 Å². The second-order valence-electron chi connectivity index (χ2n) is 3.91. The van der Waals surface area contributed by atoms with E-state index < -0.39 is 5.67 Å². The molecule has 1 saturated carbocycles. The van der Waals surface area contributed by atoms with E-state index in [0.717, 1.165) is 12.8 Å². The molecule has 0 unspecified atom stereocenters. The molecule has 0 bridgehead atoms. The smallest absolute Gasteiger partial charge is 0.135 e. The summed E-state index contributed by atoms with van der Waals surface area (Å²) in [5, 5.41) is 0. The van der Waals surface area contributed by atoms with Gasteiger partial charge in [-0.3, -0.25) is 0 Å². The Bertz CT molecular complexity index is 137. The lowest BCUT2D eigenvalue weighted by Crippen LogP contribution is -2.42. The van der Waals surface area contributed by atoms with Gasteiger partial charge in [0.2, 0.25) is 0 Å². The predicted octanol–water partition coefficient (Wildman–Crippen LogP) is 2.04. The van der Waals surface area contributed by atoms with Gasteiger partial charge in [-0.05, 0) is 12.3 Å². The van der Waals surface area contributed by atoms with Crippen molar-refractivity contribution in [1.82, 2.24) is 0 Å². The van der Waals surface area contributed by atoms with Gasteiger partial charge in [0.1, 0.15) is 5.67 Å². The molecular weight excluding hydrogens is 226 g/mol. The van der Waals surface area contributed by atoms with Gasteiger partial charge >= 0.3 is 0 Å². The summed E-state index contributed by atoms with van der Waals surface area (Å²) in [6.07, 6.45) is 5.38. The molecule has 2 nitrogen and oxygen atoms in total. The van der Waals surface area contributed by atoms with Crippen molar-refractivity contribution < 1.29 is 4.39 Å². The minimum Gasteiger partial charge on any atom is -0.327 e. The lowest BCUT2D eigenvalue weighted by molar-refractivity contribution is 0.142. The minimum absolute atomic E-state index is 0. The van der Waals surface area contributed by atoms with Crippen LogP contribution in [-0.4, -0.2) is 18.8 Å². The Labute approximate surface area is 97.8 Å². The molecule has 0 radical (unpaired) electrons. The van der Waals surface area contributed by atoms with Gasteiger partial charge in [0.25, 0.3) is 0 Å². The van der Waals surface area contributed by atoms with E-state index in [2.05, 4.69) is 0 Å². The van der Waals surface area contributed by atoms with E-state index in [1.807, 2.05) is 0 Å². The van der Waals surface area contributed by atoms with Gasteiger partial charge in [-0.2, -0.15) is 0 Å². The molecule has 5 heteroatoms. The highest BCUT2D eigenvalue weighted by atomic mass is 35.5. The second-order valence-corrected chi connectivity index (χ2v) is 3.91. The summed E-state index contributed by atoms with van der Waals surface area (Å²) in [5.74, 6) is 0.530. The first-order valence-corrected chi connectivity index (χ1v) is 4.79. The number of halogens is 3. The van der Waals surface area contributed by atoms with Gasteiger partial charge < -0.3 is 11.5 Å². The lowest BCUT2D eigenvalue weighted by Gasteiger charge is -2.24. The summed E-state index contributed by atoms with van der Waals surface area (Å²) < 4.78 is 13.7. The van der Waals surface area contributed by atoms with E-state index in [9.17, 15) is 4.39 Å². The first kappa shape index (κ1) is 16.8. The molecule has 1 aliphatic rings. The Hall–Kier alpha value is 0.430. The van der Waals surface area contributed by atoms with Crippen LogP contribution in [0.25, 0.3) is 0 Å². The average Bonchev–Trinajstić information content (AvgIpc) is 2.57. The fourth-order valence-electron chi connectivity index (χ4n) is 1.98. The monoisotopic (exact) mass is 246 g/mol. The fourth-order valence-corrected chi connectivity index (χ4v) is 1.98. The molecule has 1 rings (SSSR count). The first-order valence-electron chi connectivity index (χ1n) is 4.79. The van der Waals surface area contributed by atoms with Crippen LogP contribution in [0.4, 0.5) is 4.39 Å². The Morgan fingerprint density at radius 2 is 1.50 bits per heavy atom. The molecule has 0 amide bonds. The molecule has 0 aromatic carbocycles. The van der Waals surface area contributed by atoms with Crippen LogP contribution in [-0.2, 0) is 0 Å². The third kappa shape index (κ3) is 4.78. The SMILES string of the molecule is Cl.Cl.NCC(F)(CN)CC1CCCC1. The van der Waals surface area contributed by atoms with Crippen molar-refractivity contribution in [1.29, 1.82) is 0 Å². The number of rotatable bonds is 4. The number of hydrogen-bond donors (Lipinski definition) is 2. The zero-order valence-corrected chi connectivity index (χ0v) is 10.0. The first-order chi connectivity index (χ1) is 5.70. The van der Waals surface area contributed by atoms with Crippen LogP contribution in [0.2, 0.25) is 0 Å². The summed E-state index contributed by atoms with van der Waals surface area (Å²) in [6.45, 7) is 0.139. The Balaban J connectivity index is 0. The molecular formula is C9H21Cl2FN2. The molecule has 0 heterocycles. The maximum atomic E-state index is 13.7. The van der Waals surface area contributed by atoms with Crippen molar-refractivity contribution in [3.05, 3.63) is 0 Å². The second kappa shape index (κ2) is 7.69. The van der Waals surface area contributed by atoms with Gasteiger partial charge in [-0.15, -0.1) is 24.8 Å². The number of alkyl halides is 1. The van der Waals surface area contributed by atoms with Crippen molar-refractivity contribution >= 4 is 24.8 Å². The summed E-state index contributed by atoms with van der Waals surface area (Å²) in [4.78, 5) is 0. The number of nitrogens with two attached hydrogens (primary N) is 2. The van der Waals surface area contributed by atoms with Crippen LogP contribution in [0, 0.1) is 5.92 Å². The summed E-state index contributed by atoms with van der Waals surface area (Å²) in [6, 6.07) is 0. The minimum atomic E-state index is -1.30. The molecule has 0 aromatic heterocycles. The van der Waals surface area contributed by atoms with Crippen molar-refractivity contribution in [2.75, 3.05) is 13.1 Å². The van der Waals surface area contributed by atoms with Crippen molar-refractivity contribution in [3.63, 3.8) is 0 Å². The van der Waals surface area contributed by atoms with Crippen LogP contribution >= 0.6 is 24.8 Å². The Kier molecular flexibility index (Phi) is 9.25. The molecule has 88 valence electrons. The highest BCUT2D eigenvalue weighted by Crippen LogP contribution is 2.32. The van der Waals surface area contributed by atoms with Gasteiger partial charge in [-0.1, -0.05) is 25.7 Å². The normalized spacial score (nSPS) is 17.4. The third-order valence-electron chi connectivity index (χ3n) is 2.86. The third-order valence-corrected chi connectivity index (χ3v) is 2.86. The topological polar surface area (TPSA) is 52.0 Å². The van der Waals surface area contributed by atoms with E-state index >= 15 is 0 Å². The molecule has 0 aliphatic heterocycles. The summed E-state index contributed by atoms with van der Waals surface area (Å²) >= 11 is 0. The lowest BCUT2D eigenvalue weighted by atomic mass is 9.91. The van der Waals surface area contributed by atoms with Crippen LogP contribution in [0.15, 0.2) is 0 Å². The molecule has 0 aromatic rings. The van der Waals surface area contributed by atoms with Crippen molar-refractivity contribution in [2.45, 2.75) is 37.8 Å². The van der Waals surface area contributed by atoms with Crippen LogP contribution < -0.4 is 11.5 Å². The van der Waals surface area contributed by atoms with Gasteiger partial charge in [0.05, 0.1) is 0 Å². The van der Waals surface area contributed by atoms with Crippen LogP contribution in [0.5, 0.6) is 0 Å². The maximum Gasteiger partial charge on any atom is 0.135 e. The highest BCUT2D eigenvalue weighted by Gasteiger charge is 2.31. The molecule has 0 atom stereocenters. The Morgan fingerprint density at radius 1 is 1.07 bits per heavy atom. The van der Waals surface area contributed by atoms with E-state index in [4.69, 9.17) is 11.5 Å². The van der Waals surface area contributed by atoms with Gasteiger partial charge in [-0.25, -0.2) is 4.39 Å². The molecule has 0 spiro atoms. The zero-order valence-electron chi connectivity index (χ0n) is 8.38. The van der Waals surface area contributed by atoms with Crippen molar-refractivity contribution in [3.8, 4) is 0 Å². The average molecular weight is 247 g/mol. The van der Waals surface area contributed by atoms with Gasteiger partial charge in [0, 0.05) is 13.1 Å². The maximum absolute atomic E-state index is 13.7. The van der Waals surface area contributed by atoms with E-state index in [-0.39, 0.29) is 37.9 Å². The molecule has 1 fully saturated rings. The van der Waals surface area contributed by atoms with Crippen LogP contribution in [0.3, 0.4) is 0 Å². The molecule has 14 heavy (non-hydrogen) atoms. The number of hydrogen-bond acceptors (Lipinski definition) is 2. The molecule has 1 aliphatic carbocycles.